The summed E-state index contributed by atoms with van der Waals surface area (Å²) in [7, 11) is 3.24. The van der Waals surface area contributed by atoms with Crippen LogP contribution in [0.25, 0.3) is 0 Å². The van der Waals surface area contributed by atoms with Crippen molar-refractivity contribution in [1.29, 1.82) is 0 Å². The standard InChI is InChI=1S/C24H24FNO3S/c1-27-21-10-5-17(6-11-21)13-14-26-24(30)19-7-12-22(23(15-19)28-2)29-16-18-3-8-20(25)9-4-18/h3-12,15H,13-14,16H2,1-2H3,(H,26,30). The number of hydrogen-bond acceptors (Lipinski definition) is 4. The molecule has 0 aromatic heterocycles. The maximum atomic E-state index is 13.0. The first-order valence-electron chi connectivity index (χ1n) is 9.55. The van der Waals surface area contributed by atoms with Gasteiger partial charge in [-0.1, -0.05) is 36.5 Å². The van der Waals surface area contributed by atoms with Crippen molar-refractivity contribution in [3.63, 3.8) is 0 Å². The van der Waals surface area contributed by atoms with Crippen LogP contribution in [0.4, 0.5) is 4.39 Å². The molecule has 0 unspecified atom stereocenters. The SMILES string of the molecule is COc1ccc(CCNC(=S)c2ccc(OCc3ccc(F)cc3)c(OC)c2)cc1. The van der Waals surface area contributed by atoms with Crippen LogP contribution in [0.3, 0.4) is 0 Å². The van der Waals surface area contributed by atoms with E-state index in [0.717, 1.165) is 29.8 Å². The highest BCUT2D eigenvalue weighted by Crippen LogP contribution is 2.29. The fourth-order valence-corrected chi connectivity index (χ4v) is 3.11. The molecular weight excluding hydrogens is 401 g/mol. The highest BCUT2D eigenvalue weighted by Gasteiger charge is 2.09. The first-order chi connectivity index (χ1) is 14.6. The van der Waals surface area contributed by atoms with Crippen molar-refractivity contribution in [1.82, 2.24) is 5.32 Å². The molecule has 0 radical (unpaired) electrons. The molecular formula is C24H24FNO3S. The monoisotopic (exact) mass is 425 g/mol. The molecule has 0 saturated heterocycles. The van der Waals surface area contributed by atoms with Gasteiger partial charge in [-0.15, -0.1) is 0 Å². The highest BCUT2D eigenvalue weighted by molar-refractivity contribution is 7.80. The Hall–Kier alpha value is -3.12. The van der Waals surface area contributed by atoms with E-state index in [9.17, 15) is 4.39 Å². The van der Waals surface area contributed by atoms with Crippen LogP contribution in [0.1, 0.15) is 16.7 Å². The second-order valence-electron chi connectivity index (χ2n) is 6.63. The number of halogens is 1. The number of benzene rings is 3. The van der Waals surface area contributed by atoms with Gasteiger partial charge in [-0.05, 0) is 60.0 Å². The van der Waals surface area contributed by atoms with E-state index in [1.807, 2.05) is 42.5 Å². The molecule has 6 heteroatoms. The molecule has 3 rings (SSSR count). The van der Waals surface area contributed by atoms with Crippen molar-refractivity contribution in [2.24, 2.45) is 0 Å². The van der Waals surface area contributed by atoms with Gasteiger partial charge in [0, 0.05) is 12.1 Å². The average molecular weight is 426 g/mol. The Labute approximate surface area is 181 Å². The summed E-state index contributed by atoms with van der Waals surface area (Å²) in [6.07, 6.45) is 0.847. The first kappa shape index (κ1) is 21.6. The maximum absolute atomic E-state index is 13.0. The minimum absolute atomic E-state index is 0.270. The van der Waals surface area contributed by atoms with E-state index >= 15 is 0 Å². The van der Waals surface area contributed by atoms with E-state index in [1.54, 1.807) is 26.4 Å². The molecule has 0 spiro atoms. The Bertz CT molecular complexity index is 975. The predicted molar refractivity (Wildman–Crippen MR) is 120 cm³/mol. The second-order valence-corrected chi connectivity index (χ2v) is 7.04. The Kier molecular flexibility index (Phi) is 7.63. The van der Waals surface area contributed by atoms with E-state index in [1.165, 1.54) is 17.7 Å². The van der Waals surface area contributed by atoms with E-state index in [-0.39, 0.29) is 5.82 Å². The molecule has 30 heavy (non-hydrogen) atoms. The number of nitrogens with one attached hydrogen (secondary N) is 1. The normalized spacial score (nSPS) is 10.4. The number of ether oxygens (including phenoxy) is 3. The Morgan fingerprint density at radius 3 is 2.23 bits per heavy atom. The zero-order valence-electron chi connectivity index (χ0n) is 17.0. The quantitative estimate of drug-likeness (QED) is 0.492. The van der Waals surface area contributed by atoms with Crippen LogP contribution in [-0.4, -0.2) is 25.8 Å². The molecule has 0 atom stereocenters. The van der Waals surface area contributed by atoms with Crippen LogP contribution in [-0.2, 0) is 13.0 Å². The summed E-state index contributed by atoms with van der Waals surface area (Å²) in [5.41, 5.74) is 2.93. The van der Waals surface area contributed by atoms with Gasteiger partial charge in [0.1, 0.15) is 23.2 Å². The number of hydrogen-bond donors (Lipinski definition) is 1. The Morgan fingerprint density at radius 2 is 1.57 bits per heavy atom. The first-order valence-corrected chi connectivity index (χ1v) is 9.96. The van der Waals surface area contributed by atoms with Gasteiger partial charge in [-0.3, -0.25) is 0 Å². The summed E-state index contributed by atoms with van der Waals surface area (Å²) < 4.78 is 29.5. The van der Waals surface area contributed by atoms with E-state index in [0.29, 0.717) is 23.1 Å². The molecule has 3 aromatic carbocycles. The molecule has 0 aliphatic rings. The average Bonchev–Trinajstić information content (AvgIpc) is 2.79. The third-order valence-electron chi connectivity index (χ3n) is 4.59. The highest BCUT2D eigenvalue weighted by atomic mass is 32.1. The van der Waals surface area contributed by atoms with E-state index in [2.05, 4.69) is 5.32 Å². The number of methoxy groups -OCH3 is 2. The lowest BCUT2D eigenvalue weighted by atomic mass is 10.1. The summed E-state index contributed by atoms with van der Waals surface area (Å²) in [5, 5.41) is 3.28. The maximum Gasteiger partial charge on any atom is 0.161 e. The van der Waals surface area contributed by atoms with Crippen LogP contribution in [0, 0.1) is 5.82 Å². The van der Waals surface area contributed by atoms with Gasteiger partial charge in [0.15, 0.2) is 11.5 Å². The number of rotatable bonds is 9. The van der Waals surface area contributed by atoms with Crippen LogP contribution in [0.5, 0.6) is 17.2 Å². The lowest BCUT2D eigenvalue weighted by molar-refractivity contribution is 0.284. The molecule has 0 aliphatic carbocycles. The molecule has 0 fully saturated rings. The molecule has 0 aliphatic heterocycles. The summed E-state index contributed by atoms with van der Waals surface area (Å²) in [6.45, 7) is 1.04. The topological polar surface area (TPSA) is 39.7 Å². The predicted octanol–water partition coefficient (Wildman–Crippen LogP) is 4.93. The molecule has 4 nitrogen and oxygen atoms in total. The fourth-order valence-electron chi connectivity index (χ4n) is 2.88. The third-order valence-corrected chi connectivity index (χ3v) is 4.97. The van der Waals surface area contributed by atoms with Gasteiger partial charge in [0.2, 0.25) is 0 Å². The molecule has 3 aromatic rings. The van der Waals surface area contributed by atoms with Gasteiger partial charge in [-0.25, -0.2) is 4.39 Å². The summed E-state index contributed by atoms with van der Waals surface area (Å²) in [6, 6.07) is 19.8. The van der Waals surface area contributed by atoms with Gasteiger partial charge in [-0.2, -0.15) is 0 Å². The van der Waals surface area contributed by atoms with Crippen molar-refractivity contribution >= 4 is 17.2 Å². The van der Waals surface area contributed by atoms with Crippen molar-refractivity contribution in [3.8, 4) is 17.2 Å². The molecule has 156 valence electrons. The van der Waals surface area contributed by atoms with Crippen LogP contribution >= 0.6 is 12.2 Å². The van der Waals surface area contributed by atoms with Gasteiger partial charge < -0.3 is 19.5 Å². The summed E-state index contributed by atoms with van der Waals surface area (Å²) in [5.74, 6) is 1.77. The van der Waals surface area contributed by atoms with Crippen molar-refractivity contribution in [2.75, 3.05) is 20.8 Å². The number of thiocarbonyl (C=S) groups is 1. The zero-order valence-corrected chi connectivity index (χ0v) is 17.8. The van der Waals surface area contributed by atoms with Gasteiger partial charge in [0.05, 0.1) is 14.2 Å². The third kappa shape index (κ3) is 5.94. The fraction of sp³-hybridized carbons (Fsp3) is 0.208. The lowest BCUT2D eigenvalue weighted by Crippen LogP contribution is -2.24. The van der Waals surface area contributed by atoms with Gasteiger partial charge in [0.25, 0.3) is 0 Å². The van der Waals surface area contributed by atoms with Crippen LogP contribution in [0.2, 0.25) is 0 Å². The summed E-state index contributed by atoms with van der Waals surface area (Å²) in [4.78, 5) is 0.645. The van der Waals surface area contributed by atoms with Crippen molar-refractivity contribution in [2.45, 2.75) is 13.0 Å². The molecule has 0 heterocycles. The lowest BCUT2D eigenvalue weighted by Gasteiger charge is -2.14. The second kappa shape index (κ2) is 10.6. The van der Waals surface area contributed by atoms with Crippen LogP contribution < -0.4 is 19.5 Å². The van der Waals surface area contributed by atoms with Gasteiger partial charge >= 0.3 is 0 Å². The summed E-state index contributed by atoms with van der Waals surface area (Å²) >= 11 is 5.52. The van der Waals surface area contributed by atoms with Crippen molar-refractivity contribution < 1.29 is 18.6 Å². The zero-order chi connectivity index (χ0) is 21.3. The Morgan fingerprint density at radius 1 is 0.867 bits per heavy atom. The molecule has 0 saturated carbocycles. The minimum atomic E-state index is -0.270. The Balaban J connectivity index is 1.55. The smallest absolute Gasteiger partial charge is 0.161 e. The minimum Gasteiger partial charge on any atom is -0.497 e. The largest absolute Gasteiger partial charge is 0.497 e. The van der Waals surface area contributed by atoms with E-state index in [4.69, 9.17) is 26.4 Å². The van der Waals surface area contributed by atoms with Crippen LogP contribution in [0.15, 0.2) is 66.7 Å². The van der Waals surface area contributed by atoms with E-state index < -0.39 is 0 Å². The van der Waals surface area contributed by atoms with Crippen molar-refractivity contribution in [3.05, 3.63) is 89.2 Å². The molecule has 0 bridgehead atoms. The molecule has 0 amide bonds. The molecule has 1 N–H and O–H groups in total.